The van der Waals surface area contributed by atoms with Gasteiger partial charge < -0.3 is 85.7 Å². The molecule has 5 aromatic rings. The van der Waals surface area contributed by atoms with Crippen molar-refractivity contribution in [3.63, 3.8) is 0 Å². The molecular formula is C63H73Br2FN12O19. The number of carboxylic acid groups (broad SMARTS) is 1. The molecular weight excluding hydrogens is 1410 g/mol. The van der Waals surface area contributed by atoms with E-state index >= 15 is 4.39 Å². The van der Waals surface area contributed by atoms with Crippen LogP contribution < -0.4 is 48.1 Å². The van der Waals surface area contributed by atoms with Gasteiger partial charge in [0.1, 0.15) is 31.8 Å². The van der Waals surface area contributed by atoms with E-state index in [4.69, 9.17) is 33.4 Å². The number of hydrogen-bond donors (Lipinski definition) is 10. The number of nitrogens with zero attached hydrogens (tertiary/aromatic N) is 4. The zero-order valence-electron chi connectivity index (χ0n) is 52.9. The smallest absolute Gasteiger partial charge is 0.356 e. The first-order valence-corrected chi connectivity index (χ1v) is 33.1. The predicted molar refractivity (Wildman–Crippen MR) is 346 cm³/mol. The Morgan fingerprint density at radius 3 is 2.02 bits per heavy atom. The van der Waals surface area contributed by atoms with E-state index in [2.05, 4.69) is 84.4 Å². The zero-order valence-corrected chi connectivity index (χ0v) is 56.1. The number of aromatic nitrogens is 4. The predicted octanol–water partition coefficient (Wildman–Crippen LogP) is 0.0777. The number of carbonyl (C=O) groups is 10. The Balaban J connectivity index is 0.667. The molecule has 0 bridgehead atoms. The molecule has 34 heteroatoms. The maximum absolute atomic E-state index is 15.4. The van der Waals surface area contributed by atoms with Crippen LogP contribution in [0.2, 0.25) is 0 Å². The van der Waals surface area contributed by atoms with E-state index in [1.54, 1.807) is 50.2 Å². The lowest BCUT2D eigenvalue weighted by Gasteiger charge is -2.31. The summed E-state index contributed by atoms with van der Waals surface area (Å²) >= 11 is 6.44. The summed E-state index contributed by atoms with van der Waals surface area (Å²) in [6.07, 6.45) is 0.622. The zero-order chi connectivity index (χ0) is 69.8. The monoisotopic (exact) mass is 1480 g/mol. The van der Waals surface area contributed by atoms with E-state index in [1.165, 1.54) is 10.6 Å². The van der Waals surface area contributed by atoms with Crippen molar-refractivity contribution in [1.29, 1.82) is 0 Å². The van der Waals surface area contributed by atoms with Crippen molar-refractivity contribution in [3.8, 4) is 11.4 Å². The van der Waals surface area contributed by atoms with Crippen molar-refractivity contribution in [2.45, 2.75) is 87.4 Å². The molecule has 97 heavy (non-hydrogen) atoms. The van der Waals surface area contributed by atoms with Crippen LogP contribution >= 0.6 is 31.9 Å². The number of aromatic carboxylic acids is 1. The van der Waals surface area contributed by atoms with Crippen molar-refractivity contribution in [2.24, 2.45) is 0 Å². The molecule has 3 atom stereocenters. The number of hydrogen-bond acceptors (Lipinski definition) is 21. The van der Waals surface area contributed by atoms with Crippen LogP contribution in [0.5, 0.6) is 0 Å². The van der Waals surface area contributed by atoms with Crippen molar-refractivity contribution < 1.29 is 91.0 Å². The molecule has 10 N–H and O–H groups in total. The third-order valence-corrected chi connectivity index (χ3v) is 16.9. The standard InChI is InChI=1S/C63H73Br2FN12O19/c1-3-63(91)39-22-46-55-37(30-78(46)60(87)38(39)31-97-62(63)90)54-41(10-9-36-34(2)40(66)23-42(75-55)53(36)54)73-52(84)32-96-33-72-50(82)28-70-58(85)43(21-35-7-5-4-6-8-35)74-51(83)29-69-49(81)26-68-47(79)11-13-92-15-17-94-19-20-95-18-16-93-14-12-67-48(80)27-71-59(86)56-57(61(88)89)77-45(25-65)44(24-64)76-56/h4-8,22-23,41,43,91H,3,9-21,24-33H2,1-2H3,(H,67,80)(H,68,79)(H,69,81)(H,70,85)(H,71,86)(H,72,82)(H,73,84)(H,74,83)(H,88,89)/t41-,43-,63-/m0/s1. The number of halogens is 3. The molecule has 3 aromatic heterocycles. The largest absolute Gasteiger partial charge is 0.476 e. The molecule has 5 heterocycles. The van der Waals surface area contributed by atoms with Crippen LogP contribution in [-0.4, -0.2) is 194 Å². The van der Waals surface area contributed by atoms with Crippen molar-refractivity contribution in [3.05, 3.63) is 120 Å². The Hall–Kier alpha value is -8.77. The number of esters is 1. The molecule has 0 saturated carbocycles. The van der Waals surface area contributed by atoms with Crippen molar-refractivity contribution >= 4 is 102 Å². The summed E-state index contributed by atoms with van der Waals surface area (Å²) in [7, 11) is 0. The highest BCUT2D eigenvalue weighted by Crippen LogP contribution is 2.46. The minimum Gasteiger partial charge on any atom is -0.476 e. The molecule has 0 spiro atoms. The summed E-state index contributed by atoms with van der Waals surface area (Å²) in [4.78, 5) is 154. The molecule has 0 unspecified atom stereocenters. The third kappa shape index (κ3) is 19.3. The summed E-state index contributed by atoms with van der Waals surface area (Å²) in [5, 5.41) is 42.2. The number of fused-ring (bicyclic) bond motifs is 5. The maximum atomic E-state index is 15.4. The number of aryl methyl sites for hydroxylation is 1. The lowest BCUT2D eigenvalue weighted by Crippen LogP contribution is -2.52. The van der Waals surface area contributed by atoms with E-state index in [0.29, 0.717) is 74.3 Å². The van der Waals surface area contributed by atoms with E-state index in [1.807, 2.05) is 0 Å². The Bertz CT molecular complexity index is 3870. The maximum Gasteiger partial charge on any atom is 0.356 e. The molecule has 8 rings (SSSR count). The molecule has 0 saturated heterocycles. The molecule has 8 amide bonds. The van der Waals surface area contributed by atoms with Crippen molar-refractivity contribution in [1.82, 2.24) is 62.1 Å². The van der Waals surface area contributed by atoms with Crippen LogP contribution in [0.3, 0.4) is 0 Å². The second-order valence-electron chi connectivity index (χ2n) is 22.3. The lowest BCUT2D eigenvalue weighted by atomic mass is 9.81. The summed E-state index contributed by atoms with van der Waals surface area (Å²) < 4.78 is 49.3. The van der Waals surface area contributed by atoms with Crippen LogP contribution in [0.4, 0.5) is 4.39 Å². The number of aliphatic hydroxyl groups is 1. The summed E-state index contributed by atoms with van der Waals surface area (Å²) in [5.74, 6) is -8.10. The van der Waals surface area contributed by atoms with Crippen LogP contribution in [0.25, 0.3) is 22.3 Å². The van der Waals surface area contributed by atoms with Crippen LogP contribution in [0.1, 0.15) is 104 Å². The first-order valence-electron chi connectivity index (χ1n) is 30.9. The van der Waals surface area contributed by atoms with Gasteiger partial charge in [0, 0.05) is 52.6 Å². The molecule has 2 aliphatic heterocycles. The minimum atomic E-state index is -2.06. The molecule has 2 aromatic carbocycles. The topological polar surface area (TPSA) is 423 Å². The van der Waals surface area contributed by atoms with Gasteiger partial charge in [0.25, 0.3) is 11.5 Å². The Morgan fingerprint density at radius 1 is 0.722 bits per heavy atom. The number of carboxylic acids is 1. The van der Waals surface area contributed by atoms with Gasteiger partial charge in [0.15, 0.2) is 17.0 Å². The number of alkyl halides is 2. The first-order chi connectivity index (χ1) is 46.6. The van der Waals surface area contributed by atoms with Gasteiger partial charge in [-0.15, -0.1) is 0 Å². The summed E-state index contributed by atoms with van der Waals surface area (Å²) in [6, 6.07) is 9.73. The number of nitrogens with one attached hydrogen (secondary N) is 8. The average Bonchev–Trinajstić information content (AvgIpc) is 1.61. The molecule has 0 radical (unpaired) electrons. The highest BCUT2D eigenvalue weighted by atomic mass is 79.9. The van der Waals surface area contributed by atoms with Gasteiger partial charge in [0.2, 0.25) is 41.4 Å². The molecule has 520 valence electrons. The van der Waals surface area contributed by atoms with Gasteiger partial charge in [0.05, 0.1) is 125 Å². The van der Waals surface area contributed by atoms with Gasteiger partial charge in [-0.2, -0.15) is 0 Å². The molecule has 1 aliphatic carbocycles. The van der Waals surface area contributed by atoms with Crippen LogP contribution in [0, 0.1) is 12.7 Å². The van der Waals surface area contributed by atoms with Gasteiger partial charge in [-0.1, -0.05) is 69.1 Å². The summed E-state index contributed by atoms with van der Waals surface area (Å²) in [6.45, 7) is 1.70. The second-order valence-corrected chi connectivity index (χ2v) is 23.4. The van der Waals surface area contributed by atoms with Gasteiger partial charge in [-0.3, -0.25) is 43.2 Å². The van der Waals surface area contributed by atoms with Crippen LogP contribution in [-0.2, 0) is 109 Å². The van der Waals surface area contributed by atoms with Gasteiger partial charge in [-0.05, 0) is 54.5 Å². The fraction of sp³-hybridized carbons (Fsp3) is 0.460. The second kappa shape index (κ2) is 35.5. The lowest BCUT2D eigenvalue weighted by molar-refractivity contribution is -0.172. The highest BCUT2D eigenvalue weighted by Gasteiger charge is 2.46. The summed E-state index contributed by atoms with van der Waals surface area (Å²) in [5.41, 5.74) is 1.49. The quantitative estimate of drug-likeness (QED) is 0.0107. The van der Waals surface area contributed by atoms with Crippen LogP contribution in [0.15, 0.2) is 47.3 Å². The van der Waals surface area contributed by atoms with Crippen molar-refractivity contribution in [2.75, 3.05) is 98.9 Å². The fourth-order valence-electron chi connectivity index (χ4n) is 10.9. The third-order valence-electron chi connectivity index (χ3n) is 15.9. The van der Waals surface area contributed by atoms with E-state index < -0.39 is 139 Å². The Labute approximate surface area is 570 Å². The normalized spacial score (nSPS) is 15.2. The Morgan fingerprint density at radius 2 is 1.34 bits per heavy atom. The SMILES string of the molecule is CC[C@@]1(O)C(=O)OCc2c1cc1n(c2=O)Cc2c-1nc1cc(F)c(C)c3c1c2[C@@H](NC(=O)COCNC(=O)CNC(=O)[C@H](Cc1ccccc1)NC(=O)CNC(=O)CNC(=O)CCOCCOCCOCCOCCNC(=O)CNC(=O)c1nc(CBr)c(CBr)nc1C(=O)O)CC3. The van der Waals surface area contributed by atoms with Gasteiger partial charge in [-0.25, -0.2) is 28.9 Å². The van der Waals surface area contributed by atoms with E-state index in [9.17, 15) is 63.0 Å². The Kier molecular flexibility index (Phi) is 27.1. The first kappa shape index (κ1) is 74.0. The van der Waals surface area contributed by atoms with E-state index in [-0.39, 0.29) is 114 Å². The van der Waals surface area contributed by atoms with Gasteiger partial charge >= 0.3 is 11.9 Å². The highest BCUT2D eigenvalue weighted by molar-refractivity contribution is 9.09. The molecule has 3 aliphatic rings. The average molecular weight is 1480 g/mol. The number of cyclic esters (lactones) is 1. The molecule has 0 fully saturated rings. The number of carbonyl (C=O) groups excluding carboxylic acids is 9. The molecule has 31 nitrogen and oxygen atoms in total. The number of ether oxygens (including phenoxy) is 6. The van der Waals surface area contributed by atoms with E-state index in [0.717, 1.165) is 0 Å². The number of pyridine rings is 2. The fourth-order valence-corrected chi connectivity index (χ4v) is 11.8. The number of benzene rings is 2. The number of amides is 8. The minimum absolute atomic E-state index is 0.0153. The number of rotatable bonds is 37.